The van der Waals surface area contributed by atoms with E-state index in [1.165, 1.54) is 12.1 Å². The minimum atomic E-state index is -4.83. The summed E-state index contributed by atoms with van der Waals surface area (Å²) >= 11 is 5.74. The zero-order valence-electron chi connectivity index (χ0n) is 21.5. The van der Waals surface area contributed by atoms with E-state index in [2.05, 4.69) is 5.32 Å². The number of nitrogens with zero attached hydrogens (tertiary/aromatic N) is 2. The number of sulfonamides is 1. The van der Waals surface area contributed by atoms with Crippen molar-refractivity contribution in [2.45, 2.75) is 43.9 Å². The van der Waals surface area contributed by atoms with E-state index in [9.17, 15) is 31.2 Å². The van der Waals surface area contributed by atoms with Crippen molar-refractivity contribution in [2.75, 3.05) is 17.4 Å². The fourth-order valence-electron chi connectivity index (χ4n) is 4.28. The van der Waals surface area contributed by atoms with E-state index >= 15 is 0 Å². The van der Waals surface area contributed by atoms with E-state index in [1.807, 2.05) is 12.1 Å². The number of carbonyl (C=O) groups excluding carboxylic acids is 2. The van der Waals surface area contributed by atoms with Crippen LogP contribution in [0.1, 0.15) is 35.1 Å². The first-order chi connectivity index (χ1) is 18.8. The molecule has 4 rings (SSSR count). The Morgan fingerprint density at radius 2 is 1.68 bits per heavy atom. The zero-order valence-corrected chi connectivity index (χ0v) is 23.1. The van der Waals surface area contributed by atoms with Crippen molar-refractivity contribution >= 4 is 39.1 Å². The minimum Gasteiger partial charge on any atom is -0.350 e. The molecule has 1 saturated heterocycles. The predicted octanol–water partition coefficient (Wildman–Crippen LogP) is 5.30. The summed E-state index contributed by atoms with van der Waals surface area (Å²) in [5.74, 6) is -0.601. The molecule has 0 aromatic heterocycles. The second-order valence-electron chi connectivity index (χ2n) is 9.50. The quantitative estimate of drug-likeness (QED) is 0.365. The number of likely N-dealkylation sites (tertiary alicyclic amines) is 1. The Bertz CT molecular complexity index is 1490. The van der Waals surface area contributed by atoms with Crippen molar-refractivity contribution in [3.8, 4) is 0 Å². The van der Waals surface area contributed by atoms with E-state index in [0.717, 1.165) is 41.8 Å². The maximum atomic E-state index is 13.5. The molecule has 40 heavy (non-hydrogen) atoms. The number of benzene rings is 3. The van der Waals surface area contributed by atoms with Gasteiger partial charge in [-0.15, -0.1) is 0 Å². The summed E-state index contributed by atoms with van der Waals surface area (Å²) in [5.41, 5.74) is 0.875. The first-order valence-electron chi connectivity index (χ1n) is 12.4. The Balaban J connectivity index is 1.52. The standard InChI is InChI=1S/C28H27ClF3N3O4S/c1-19-4-11-23(12-5-19)40(38,39)35(22-10-13-25(29)24(15-22)28(30,31)32)18-26(36)33-16-20-6-8-21(9-7-20)17-34-14-2-3-27(34)37/h4-13,15H,2-3,14,16-18H2,1H3,(H,33,36). The zero-order chi connectivity index (χ0) is 29.1. The number of alkyl halides is 3. The van der Waals surface area contributed by atoms with Gasteiger partial charge in [-0.05, 0) is 54.8 Å². The molecule has 1 N–H and O–H groups in total. The molecule has 0 atom stereocenters. The Morgan fingerprint density at radius 3 is 2.27 bits per heavy atom. The largest absolute Gasteiger partial charge is 0.417 e. The predicted molar refractivity (Wildman–Crippen MR) is 145 cm³/mol. The highest BCUT2D eigenvalue weighted by atomic mass is 35.5. The number of rotatable bonds is 9. The Hall–Kier alpha value is -3.57. The third-order valence-electron chi connectivity index (χ3n) is 6.50. The summed E-state index contributed by atoms with van der Waals surface area (Å²) in [7, 11) is -4.42. The average molecular weight is 594 g/mol. The van der Waals surface area contributed by atoms with Crippen molar-refractivity contribution in [1.29, 1.82) is 0 Å². The maximum absolute atomic E-state index is 13.5. The molecule has 1 aliphatic heterocycles. The molecule has 1 heterocycles. The molecule has 212 valence electrons. The lowest BCUT2D eigenvalue weighted by molar-refractivity contribution is -0.137. The maximum Gasteiger partial charge on any atom is 0.417 e. The van der Waals surface area contributed by atoms with Crippen LogP contribution in [0.3, 0.4) is 0 Å². The van der Waals surface area contributed by atoms with Gasteiger partial charge in [-0.1, -0.05) is 53.6 Å². The lowest BCUT2D eigenvalue weighted by atomic mass is 10.1. The van der Waals surface area contributed by atoms with Gasteiger partial charge in [-0.2, -0.15) is 13.2 Å². The third kappa shape index (κ3) is 6.95. The van der Waals surface area contributed by atoms with Gasteiger partial charge in [0.15, 0.2) is 0 Å². The summed E-state index contributed by atoms with van der Waals surface area (Å²) in [6, 6.07) is 15.7. The van der Waals surface area contributed by atoms with Gasteiger partial charge in [0.1, 0.15) is 6.54 Å². The topological polar surface area (TPSA) is 86.8 Å². The van der Waals surface area contributed by atoms with E-state index < -0.39 is 39.2 Å². The van der Waals surface area contributed by atoms with Gasteiger partial charge in [0, 0.05) is 26.1 Å². The summed E-state index contributed by atoms with van der Waals surface area (Å²) in [4.78, 5) is 26.3. The molecular weight excluding hydrogens is 567 g/mol. The minimum absolute atomic E-state index is 0.0641. The normalized spacial score (nSPS) is 13.9. The van der Waals surface area contributed by atoms with E-state index in [-0.39, 0.29) is 23.0 Å². The van der Waals surface area contributed by atoms with Crippen LogP contribution >= 0.6 is 11.6 Å². The second kappa shape index (κ2) is 11.9. The van der Waals surface area contributed by atoms with Gasteiger partial charge >= 0.3 is 6.18 Å². The summed E-state index contributed by atoms with van der Waals surface area (Å²) in [5, 5.41) is 2.04. The van der Waals surface area contributed by atoms with Crippen LogP contribution in [0.15, 0.2) is 71.6 Å². The smallest absolute Gasteiger partial charge is 0.350 e. The number of halogens is 4. The molecular formula is C28H27ClF3N3O4S. The number of anilines is 1. The van der Waals surface area contributed by atoms with E-state index in [0.29, 0.717) is 23.3 Å². The van der Waals surface area contributed by atoms with Crippen LogP contribution < -0.4 is 9.62 Å². The molecule has 3 aromatic carbocycles. The summed E-state index contributed by atoms with van der Waals surface area (Å²) < 4.78 is 68.3. The SMILES string of the molecule is Cc1ccc(S(=O)(=O)N(CC(=O)NCc2ccc(CN3CCCC3=O)cc2)c2ccc(Cl)c(C(F)(F)F)c2)cc1. The fraction of sp³-hybridized carbons (Fsp3) is 0.286. The monoisotopic (exact) mass is 593 g/mol. The molecule has 7 nitrogen and oxygen atoms in total. The molecule has 2 amide bonds. The van der Waals surface area contributed by atoms with Crippen molar-refractivity contribution in [1.82, 2.24) is 10.2 Å². The molecule has 0 radical (unpaired) electrons. The van der Waals surface area contributed by atoms with Crippen LogP contribution in [0, 0.1) is 6.92 Å². The molecule has 0 saturated carbocycles. The first kappa shape index (κ1) is 29.4. The molecule has 1 fully saturated rings. The third-order valence-corrected chi connectivity index (χ3v) is 8.61. The number of carbonyl (C=O) groups is 2. The second-order valence-corrected chi connectivity index (χ2v) is 11.8. The van der Waals surface area contributed by atoms with E-state index in [4.69, 9.17) is 11.6 Å². The molecule has 0 spiro atoms. The van der Waals surface area contributed by atoms with Gasteiger partial charge in [0.2, 0.25) is 11.8 Å². The first-order valence-corrected chi connectivity index (χ1v) is 14.2. The van der Waals surface area contributed by atoms with Gasteiger partial charge in [0.05, 0.1) is 21.2 Å². The molecule has 1 aliphatic rings. The molecule has 3 aromatic rings. The van der Waals surface area contributed by atoms with Crippen LogP contribution in [0.25, 0.3) is 0 Å². The average Bonchev–Trinajstić information content (AvgIpc) is 3.30. The van der Waals surface area contributed by atoms with Gasteiger partial charge in [-0.3, -0.25) is 13.9 Å². The highest BCUT2D eigenvalue weighted by molar-refractivity contribution is 7.92. The Morgan fingerprint density at radius 1 is 1.02 bits per heavy atom. The Kier molecular flexibility index (Phi) is 8.74. The molecule has 0 bridgehead atoms. The van der Waals surface area contributed by atoms with Crippen LogP contribution in [-0.4, -0.2) is 38.2 Å². The van der Waals surface area contributed by atoms with Gasteiger partial charge in [-0.25, -0.2) is 8.42 Å². The fourth-order valence-corrected chi connectivity index (χ4v) is 5.92. The molecule has 0 unspecified atom stereocenters. The number of amides is 2. The molecule has 12 heteroatoms. The Labute approximate surface area is 235 Å². The molecule has 0 aliphatic carbocycles. The lowest BCUT2D eigenvalue weighted by Crippen LogP contribution is -2.40. The van der Waals surface area contributed by atoms with Crippen LogP contribution in [0.4, 0.5) is 18.9 Å². The van der Waals surface area contributed by atoms with Gasteiger partial charge in [0.25, 0.3) is 10.0 Å². The van der Waals surface area contributed by atoms with Crippen LogP contribution in [0.5, 0.6) is 0 Å². The van der Waals surface area contributed by atoms with Crippen molar-refractivity contribution in [2.24, 2.45) is 0 Å². The summed E-state index contributed by atoms with van der Waals surface area (Å²) in [6.07, 6.45) is -3.44. The van der Waals surface area contributed by atoms with Crippen molar-refractivity contribution < 1.29 is 31.2 Å². The van der Waals surface area contributed by atoms with Crippen LogP contribution in [0.2, 0.25) is 5.02 Å². The highest BCUT2D eigenvalue weighted by Gasteiger charge is 2.35. The lowest BCUT2D eigenvalue weighted by Gasteiger charge is -2.25. The van der Waals surface area contributed by atoms with E-state index in [1.54, 1.807) is 36.1 Å². The number of nitrogens with one attached hydrogen (secondary N) is 1. The van der Waals surface area contributed by atoms with Crippen LogP contribution in [-0.2, 0) is 38.9 Å². The van der Waals surface area contributed by atoms with Gasteiger partial charge < -0.3 is 10.2 Å². The number of hydrogen-bond acceptors (Lipinski definition) is 4. The summed E-state index contributed by atoms with van der Waals surface area (Å²) in [6.45, 7) is 2.28. The number of hydrogen-bond donors (Lipinski definition) is 1. The van der Waals surface area contributed by atoms with Crippen molar-refractivity contribution in [3.63, 3.8) is 0 Å². The highest BCUT2D eigenvalue weighted by Crippen LogP contribution is 2.38. The van der Waals surface area contributed by atoms with Crippen molar-refractivity contribution in [3.05, 3.63) is 94.0 Å². The number of aryl methyl sites for hydroxylation is 1.